The predicted octanol–water partition coefficient (Wildman–Crippen LogP) is 3.36. The van der Waals surface area contributed by atoms with Gasteiger partial charge in [0.05, 0.1) is 25.0 Å². The first-order chi connectivity index (χ1) is 14.0. The van der Waals surface area contributed by atoms with Crippen molar-refractivity contribution in [2.45, 2.75) is 24.8 Å². The first-order valence-electron chi connectivity index (χ1n) is 8.79. The number of hydrogen-bond donors (Lipinski definition) is 1. The van der Waals surface area contributed by atoms with Crippen molar-refractivity contribution in [1.82, 2.24) is 14.8 Å². The first-order valence-corrected chi connectivity index (χ1v) is 10.6. The number of nitrogen functional groups attached to an aromatic ring is 1. The summed E-state index contributed by atoms with van der Waals surface area (Å²) in [4.78, 5) is 25.1. The van der Waals surface area contributed by atoms with Crippen LogP contribution in [0.25, 0.3) is 11.6 Å². The third-order valence-corrected chi connectivity index (χ3v) is 5.98. The SMILES string of the molecule is CCOC(=O)c1sc(N)c(C(=O)OCC)c1CSc1nnc(-c2ccco2)n1C. The third-order valence-electron chi connectivity index (χ3n) is 3.90. The number of ether oxygens (including phenoxy) is 2. The molecule has 154 valence electrons. The highest BCUT2D eigenvalue weighted by Gasteiger charge is 2.28. The Morgan fingerprint density at radius 2 is 1.97 bits per heavy atom. The lowest BCUT2D eigenvalue weighted by atomic mass is 10.1. The van der Waals surface area contributed by atoms with Gasteiger partial charge in [-0.1, -0.05) is 11.8 Å². The smallest absolute Gasteiger partial charge is 0.348 e. The van der Waals surface area contributed by atoms with Gasteiger partial charge in [0.1, 0.15) is 9.88 Å². The highest BCUT2D eigenvalue weighted by Crippen LogP contribution is 2.36. The van der Waals surface area contributed by atoms with Crippen LogP contribution in [0.4, 0.5) is 5.00 Å². The van der Waals surface area contributed by atoms with Gasteiger partial charge in [-0.2, -0.15) is 0 Å². The lowest BCUT2D eigenvalue weighted by molar-refractivity contribution is 0.0527. The van der Waals surface area contributed by atoms with E-state index in [1.54, 1.807) is 43.9 Å². The molecule has 29 heavy (non-hydrogen) atoms. The molecule has 0 aliphatic rings. The number of rotatable bonds is 8. The molecule has 0 fully saturated rings. The van der Waals surface area contributed by atoms with E-state index in [-0.39, 0.29) is 34.4 Å². The number of hydrogen-bond acceptors (Lipinski definition) is 10. The Hall–Kier alpha value is -2.79. The zero-order valence-electron chi connectivity index (χ0n) is 16.1. The van der Waals surface area contributed by atoms with Gasteiger partial charge >= 0.3 is 11.9 Å². The molecule has 0 aliphatic heterocycles. The van der Waals surface area contributed by atoms with Crippen molar-refractivity contribution in [2.75, 3.05) is 18.9 Å². The summed E-state index contributed by atoms with van der Waals surface area (Å²) < 4.78 is 17.4. The number of nitrogens with zero attached hydrogens (tertiary/aromatic N) is 3. The zero-order valence-corrected chi connectivity index (χ0v) is 17.8. The lowest BCUT2D eigenvalue weighted by Gasteiger charge is -2.07. The molecule has 0 amide bonds. The monoisotopic (exact) mass is 436 g/mol. The van der Waals surface area contributed by atoms with Gasteiger partial charge < -0.3 is 24.2 Å². The largest absolute Gasteiger partial charge is 0.462 e. The Morgan fingerprint density at radius 1 is 1.24 bits per heavy atom. The summed E-state index contributed by atoms with van der Waals surface area (Å²) in [6.07, 6.45) is 1.56. The highest BCUT2D eigenvalue weighted by atomic mass is 32.2. The second-order valence-electron chi connectivity index (χ2n) is 5.72. The van der Waals surface area contributed by atoms with E-state index in [2.05, 4.69) is 10.2 Å². The summed E-state index contributed by atoms with van der Waals surface area (Å²) in [6.45, 7) is 3.83. The molecule has 3 heterocycles. The second-order valence-corrected chi connectivity index (χ2v) is 7.72. The van der Waals surface area contributed by atoms with Crippen LogP contribution in [0.5, 0.6) is 0 Å². The number of furan rings is 1. The van der Waals surface area contributed by atoms with Crippen LogP contribution in [0.1, 0.15) is 39.4 Å². The fourth-order valence-corrected chi connectivity index (χ4v) is 4.61. The summed E-state index contributed by atoms with van der Waals surface area (Å²) >= 11 is 2.33. The van der Waals surface area contributed by atoms with E-state index >= 15 is 0 Å². The quantitative estimate of drug-likeness (QED) is 0.418. The molecule has 0 bridgehead atoms. The normalized spacial score (nSPS) is 10.9. The van der Waals surface area contributed by atoms with Crippen molar-refractivity contribution in [3.63, 3.8) is 0 Å². The number of carbonyl (C=O) groups excluding carboxylic acids is 2. The topological polar surface area (TPSA) is 122 Å². The molecule has 0 unspecified atom stereocenters. The zero-order chi connectivity index (χ0) is 21.0. The van der Waals surface area contributed by atoms with Gasteiger partial charge in [0.15, 0.2) is 16.7 Å². The summed E-state index contributed by atoms with van der Waals surface area (Å²) in [6, 6.07) is 3.55. The van der Waals surface area contributed by atoms with E-state index in [0.29, 0.717) is 22.3 Å². The van der Waals surface area contributed by atoms with Crippen molar-refractivity contribution in [3.05, 3.63) is 34.4 Å². The van der Waals surface area contributed by atoms with Crippen LogP contribution in [0.15, 0.2) is 28.0 Å². The maximum Gasteiger partial charge on any atom is 0.348 e. The number of anilines is 1. The van der Waals surface area contributed by atoms with Crippen molar-refractivity contribution >= 4 is 40.0 Å². The Morgan fingerprint density at radius 3 is 2.62 bits per heavy atom. The number of esters is 2. The van der Waals surface area contributed by atoms with Crippen molar-refractivity contribution in [2.24, 2.45) is 7.05 Å². The van der Waals surface area contributed by atoms with Crippen LogP contribution in [-0.2, 0) is 22.3 Å². The molecule has 3 aromatic heterocycles. The van der Waals surface area contributed by atoms with Gasteiger partial charge in [-0.25, -0.2) is 9.59 Å². The fourth-order valence-electron chi connectivity index (χ4n) is 2.61. The standard InChI is InChI=1S/C18H20N4O5S2/c1-4-25-16(23)12-10(13(29-14(12)19)17(24)26-5-2)9-28-18-21-20-15(22(18)3)11-7-6-8-27-11/h6-8H,4-5,9,19H2,1-3H3. The molecule has 0 radical (unpaired) electrons. The number of thiophene rings is 1. The van der Waals surface area contributed by atoms with E-state index in [0.717, 1.165) is 11.3 Å². The molecule has 3 aromatic rings. The summed E-state index contributed by atoms with van der Waals surface area (Å²) in [5.41, 5.74) is 6.69. The maximum atomic E-state index is 12.4. The van der Waals surface area contributed by atoms with Crippen LogP contribution < -0.4 is 5.73 Å². The van der Waals surface area contributed by atoms with E-state index in [1.807, 2.05) is 0 Å². The number of carbonyl (C=O) groups is 2. The van der Waals surface area contributed by atoms with Crippen LogP contribution >= 0.6 is 23.1 Å². The number of thioether (sulfide) groups is 1. The number of aromatic nitrogens is 3. The minimum absolute atomic E-state index is 0.195. The molecular weight excluding hydrogens is 416 g/mol. The predicted molar refractivity (Wildman–Crippen MR) is 109 cm³/mol. The third kappa shape index (κ3) is 4.30. The highest BCUT2D eigenvalue weighted by molar-refractivity contribution is 7.98. The van der Waals surface area contributed by atoms with E-state index < -0.39 is 11.9 Å². The van der Waals surface area contributed by atoms with Gasteiger partial charge in [-0.05, 0) is 26.0 Å². The van der Waals surface area contributed by atoms with Crippen molar-refractivity contribution in [1.29, 1.82) is 0 Å². The van der Waals surface area contributed by atoms with Gasteiger partial charge in [0, 0.05) is 18.4 Å². The van der Waals surface area contributed by atoms with Crippen LogP contribution in [-0.4, -0.2) is 39.9 Å². The Kier molecular flexibility index (Phi) is 6.60. The van der Waals surface area contributed by atoms with Gasteiger partial charge in [-0.3, -0.25) is 0 Å². The van der Waals surface area contributed by atoms with Crippen LogP contribution in [0.2, 0.25) is 0 Å². The van der Waals surface area contributed by atoms with Crippen molar-refractivity contribution in [3.8, 4) is 11.6 Å². The Bertz CT molecular complexity index is 1010. The lowest BCUT2D eigenvalue weighted by Crippen LogP contribution is -2.11. The molecular formula is C18H20N4O5S2. The molecule has 3 rings (SSSR count). The Balaban J connectivity index is 1.91. The summed E-state index contributed by atoms with van der Waals surface area (Å²) in [5.74, 6) is 0.330. The molecule has 0 saturated heterocycles. The fraction of sp³-hybridized carbons (Fsp3) is 0.333. The van der Waals surface area contributed by atoms with E-state index in [9.17, 15) is 9.59 Å². The molecule has 0 spiro atoms. The number of nitrogens with two attached hydrogens (primary N) is 1. The molecule has 11 heteroatoms. The second kappa shape index (κ2) is 9.14. The molecule has 2 N–H and O–H groups in total. The average Bonchev–Trinajstić information content (AvgIpc) is 3.39. The maximum absolute atomic E-state index is 12.4. The molecule has 9 nitrogen and oxygen atoms in total. The summed E-state index contributed by atoms with van der Waals surface area (Å²) in [5, 5.41) is 9.12. The molecule has 0 aliphatic carbocycles. The van der Waals surface area contributed by atoms with Gasteiger partial charge in [-0.15, -0.1) is 21.5 Å². The Labute approximate surface area is 175 Å². The molecule has 0 aromatic carbocycles. The first kappa shape index (κ1) is 20.9. The summed E-state index contributed by atoms with van der Waals surface area (Å²) in [7, 11) is 1.81. The minimum Gasteiger partial charge on any atom is -0.462 e. The van der Waals surface area contributed by atoms with E-state index in [1.165, 1.54) is 11.8 Å². The van der Waals surface area contributed by atoms with Crippen molar-refractivity contribution < 1.29 is 23.5 Å². The minimum atomic E-state index is -0.568. The van der Waals surface area contributed by atoms with Crippen LogP contribution in [0, 0.1) is 0 Å². The molecule has 0 atom stereocenters. The van der Waals surface area contributed by atoms with Gasteiger partial charge in [0.25, 0.3) is 0 Å². The van der Waals surface area contributed by atoms with Gasteiger partial charge in [0.2, 0.25) is 0 Å². The average molecular weight is 437 g/mol. The van der Waals surface area contributed by atoms with E-state index in [4.69, 9.17) is 19.6 Å². The van der Waals surface area contributed by atoms with Crippen LogP contribution in [0.3, 0.4) is 0 Å². The molecule has 0 saturated carbocycles.